The summed E-state index contributed by atoms with van der Waals surface area (Å²) in [5.41, 5.74) is 0.487. The maximum absolute atomic E-state index is 13.4. The Labute approximate surface area is 119 Å². The van der Waals surface area contributed by atoms with Crippen LogP contribution in [0.25, 0.3) is 0 Å². The maximum atomic E-state index is 13.4. The molecule has 0 radical (unpaired) electrons. The van der Waals surface area contributed by atoms with Gasteiger partial charge in [0, 0.05) is 7.05 Å². The molecule has 0 aliphatic rings. The van der Waals surface area contributed by atoms with Crippen molar-refractivity contribution in [1.82, 2.24) is 4.90 Å². The standard InChI is InChI=1S/C12H14FNO3.C3H8/c1-14(8-15)11(7-17-9-16)6-10-4-2-3-5-12(10)13;1-3-2/h2-5,8-9,11H,6-7H2,1H3;3H2,1-2H3. The van der Waals surface area contributed by atoms with E-state index in [2.05, 4.69) is 18.6 Å². The van der Waals surface area contributed by atoms with Crippen LogP contribution in [-0.2, 0) is 20.7 Å². The number of halogens is 1. The zero-order chi connectivity index (χ0) is 15.4. The SMILES string of the molecule is CCC.CN(C=O)C(COC=O)Cc1ccccc1F. The van der Waals surface area contributed by atoms with E-state index in [4.69, 9.17) is 0 Å². The van der Waals surface area contributed by atoms with Gasteiger partial charge in [0.05, 0.1) is 6.04 Å². The molecule has 0 saturated carbocycles. The zero-order valence-corrected chi connectivity index (χ0v) is 12.2. The van der Waals surface area contributed by atoms with E-state index < -0.39 is 0 Å². The highest BCUT2D eigenvalue weighted by atomic mass is 19.1. The van der Waals surface area contributed by atoms with Crippen LogP contribution in [0.5, 0.6) is 0 Å². The van der Waals surface area contributed by atoms with E-state index in [1.807, 2.05) is 0 Å². The van der Waals surface area contributed by atoms with Crippen molar-refractivity contribution in [3.8, 4) is 0 Å². The molecule has 112 valence electrons. The molecule has 1 aromatic rings. The molecule has 0 aliphatic heterocycles. The van der Waals surface area contributed by atoms with Crippen LogP contribution >= 0.6 is 0 Å². The van der Waals surface area contributed by atoms with Gasteiger partial charge in [-0.2, -0.15) is 0 Å². The minimum atomic E-state index is -0.366. The molecular weight excluding hydrogens is 261 g/mol. The summed E-state index contributed by atoms with van der Waals surface area (Å²) in [6.45, 7) is 4.61. The molecule has 0 spiro atoms. The summed E-state index contributed by atoms with van der Waals surface area (Å²) >= 11 is 0. The molecule has 0 heterocycles. The van der Waals surface area contributed by atoms with Gasteiger partial charge in [0.25, 0.3) is 6.47 Å². The van der Waals surface area contributed by atoms with E-state index in [-0.39, 0.29) is 18.5 Å². The Morgan fingerprint density at radius 3 is 2.40 bits per heavy atom. The number of carbonyl (C=O) groups is 2. The van der Waals surface area contributed by atoms with Crippen LogP contribution in [-0.4, -0.2) is 37.5 Å². The Kier molecular flexibility index (Phi) is 9.92. The summed E-state index contributed by atoms with van der Waals surface area (Å²) < 4.78 is 18.0. The third-order valence-electron chi connectivity index (χ3n) is 2.51. The number of carbonyl (C=O) groups excluding carboxylic acids is 2. The van der Waals surface area contributed by atoms with E-state index in [0.717, 1.165) is 0 Å². The zero-order valence-electron chi connectivity index (χ0n) is 12.2. The summed E-state index contributed by atoms with van der Waals surface area (Å²) in [6, 6.07) is 5.95. The molecule has 1 aromatic carbocycles. The Morgan fingerprint density at radius 1 is 1.30 bits per heavy atom. The highest BCUT2D eigenvalue weighted by molar-refractivity contribution is 5.47. The summed E-state index contributed by atoms with van der Waals surface area (Å²) in [5.74, 6) is -0.331. The van der Waals surface area contributed by atoms with Gasteiger partial charge in [-0.3, -0.25) is 9.59 Å². The predicted molar refractivity (Wildman–Crippen MR) is 75.7 cm³/mol. The first-order chi connectivity index (χ1) is 9.60. The third-order valence-corrected chi connectivity index (χ3v) is 2.51. The number of amides is 1. The molecule has 5 heteroatoms. The van der Waals surface area contributed by atoms with Crippen molar-refractivity contribution in [3.63, 3.8) is 0 Å². The largest absolute Gasteiger partial charge is 0.466 e. The molecule has 1 rings (SSSR count). The first-order valence-electron chi connectivity index (χ1n) is 6.56. The van der Waals surface area contributed by atoms with Crippen LogP contribution in [0, 0.1) is 5.82 Å². The Hall–Kier alpha value is -1.91. The van der Waals surface area contributed by atoms with E-state index in [0.29, 0.717) is 24.9 Å². The fraction of sp³-hybridized carbons (Fsp3) is 0.467. The van der Waals surface area contributed by atoms with Gasteiger partial charge in [0.15, 0.2) is 0 Å². The van der Waals surface area contributed by atoms with Gasteiger partial charge in [0.1, 0.15) is 12.4 Å². The number of hydrogen-bond acceptors (Lipinski definition) is 3. The Bertz CT molecular complexity index is 398. The second kappa shape index (κ2) is 11.0. The monoisotopic (exact) mass is 283 g/mol. The Balaban J connectivity index is 0.00000110. The van der Waals surface area contributed by atoms with Gasteiger partial charge in [-0.25, -0.2) is 4.39 Å². The molecule has 0 aromatic heterocycles. The summed E-state index contributed by atoms with van der Waals surface area (Å²) in [4.78, 5) is 22.2. The molecule has 1 amide bonds. The van der Waals surface area contributed by atoms with Gasteiger partial charge < -0.3 is 9.64 Å². The fourth-order valence-corrected chi connectivity index (χ4v) is 1.47. The summed E-state index contributed by atoms with van der Waals surface area (Å²) in [7, 11) is 1.56. The first kappa shape index (κ1) is 18.1. The van der Waals surface area contributed by atoms with E-state index in [9.17, 15) is 14.0 Å². The molecule has 4 nitrogen and oxygen atoms in total. The molecule has 20 heavy (non-hydrogen) atoms. The second-order valence-electron chi connectivity index (χ2n) is 4.36. The van der Waals surface area contributed by atoms with Crippen LogP contribution in [0.3, 0.4) is 0 Å². The second-order valence-corrected chi connectivity index (χ2v) is 4.36. The van der Waals surface area contributed by atoms with E-state index in [1.54, 1.807) is 25.2 Å². The molecule has 1 atom stereocenters. The maximum Gasteiger partial charge on any atom is 0.293 e. The number of rotatable bonds is 7. The first-order valence-corrected chi connectivity index (χ1v) is 6.56. The van der Waals surface area contributed by atoms with Crippen molar-refractivity contribution in [3.05, 3.63) is 35.6 Å². The molecular formula is C15H22FNO3. The number of hydrogen-bond donors (Lipinski definition) is 0. The van der Waals surface area contributed by atoms with Crippen molar-refractivity contribution in [1.29, 1.82) is 0 Å². The van der Waals surface area contributed by atoms with Gasteiger partial charge in [-0.05, 0) is 18.1 Å². The number of benzene rings is 1. The molecule has 0 bridgehead atoms. The van der Waals surface area contributed by atoms with Crippen molar-refractivity contribution >= 4 is 12.9 Å². The Morgan fingerprint density at radius 2 is 1.90 bits per heavy atom. The topological polar surface area (TPSA) is 46.6 Å². The molecule has 0 aliphatic carbocycles. The lowest BCUT2D eigenvalue weighted by atomic mass is 10.1. The number of ether oxygens (including phenoxy) is 1. The van der Waals surface area contributed by atoms with Crippen molar-refractivity contribution in [2.24, 2.45) is 0 Å². The van der Waals surface area contributed by atoms with E-state index >= 15 is 0 Å². The minimum absolute atomic E-state index is 0.0487. The van der Waals surface area contributed by atoms with Crippen LogP contribution in [0.1, 0.15) is 25.8 Å². The van der Waals surface area contributed by atoms with Crippen LogP contribution in [0.15, 0.2) is 24.3 Å². The lowest BCUT2D eigenvalue weighted by molar-refractivity contribution is -0.132. The third kappa shape index (κ3) is 6.87. The highest BCUT2D eigenvalue weighted by Crippen LogP contribution is 2.11. The normalized spacial score (nSPS) is 10.8. The van der Waals surface area contributed by atoms with Crippen molar-refractivity contribution < 1.29 is 18.7 Å². The van der Waals surface area contributed by atoms with Gasteiger partial charge in [0.2, 0.25) is 6.41 Å². The number of likely N-dealkylation sites (N-methyl/N-ethyl adjacent to an activating group) is 1. The van der Waals surface area contributed by atoms with Crippen LogP contribution in [0.4, 0.5) is 4.39 Å². The average Bonchev–Trinajstić information content (AvgIpc) is 2.45. The molecule has 0 fully saturated rings. The van der Waals surface area contributed by atoms with Gasteiger partial charge in [-0.15, -0.1) is 0 Å². The number of nitrogens with zero attached hydrogens (tertiary/aromatic N) is 1. The summed E-state index contributed by atoms with van der Waals surface area (Å²) in [5, 5.41) is 0. The quantitative estimate of drug-likeness (QED) is 0.722. The molecule has 0 N–H and O–H groups in total. The predicted octanol–water partition coefficient (Wildman–Crippen LogP) is 2.41. The lowest BCUT2D eigenvalue weighted by Crippen LogP contribution is -2.36. The van der Waals surface area contributed by atoms with Crippen LogP contribution in [0.2, 0.25) is 0 Å². The van der Waals surface area contributed by atoms with Gasteiger partial charge >= 0.3 is 0 Å². The van der Waals surface area contributed by atoms with Crippen molar-refractivity contribution in [2.75, 3.05) is 13.7 Å². The molecule has 0 saturated heterocycles. The fourth-order valence-electron chi connectivity index (χ4n) is 1.47. The van der Waals surface area contributed by atoms with Crippen molar-refractivity contribution in [2.45, 2.75) is 32.7 Å². The van der Waals surface area contributed by atoms with Crippen LogP contribution < -0.4 is 0 Å². The lowest BCUT2D eigenvalue weighted by Gasteiger charge is -2.23. The van der Waals surface area contributed by atoms with Gasteiger partial charge in [-0.1, -0.05) is 38.5 Å². The smallest absolute Gasteiger partial charge is 0.293 e. The summed E-state index contributed by atoms with van der Waals surface area (Å²) in [6.07, 6.45) is 2.18. The molecule has 1 unspecified atom stereocenters. The average molecular weight is 283 g/mol. The van der Waals surface area contributed by atoms with E-state index in [1.165, 1.54) is 17.4 Å². The minimum Gasteiger partial charge on any atom is -0.466 e. The highest BCUT2D eigenvalue weighted by Gasteiger charge is 2.16.